The molecule has 1 heterocycles. The maximum atomic E-state index is 8.94. The average Bonchev–Trinajstić information content (AvgIpc) is 2.24. The van der Waals surface area contributed by atoms with Gasteiger partial charge in [0.25, 0.3) is 0 Å². The molecule has 0 radical (unpaired) electrons. The lowest BCUT2D eigenvalue weighted by atomic mass is 9.95. The Kier molecular flexibility index (Phi) is 4.39. The summed E-state index contributed by atoms with van der Waals surface area (Å²) in [4.78, 5) is 6.50. The number of nitrogens with zero attached hydrogens (tertiary/aromatic N) is 3. The first kappa shape index (κ1) is 15.3. The van der Waals surface area contributed by atoms with Crippen molar-refractivity contribution in [2.24, 2.45) is 16.3 Å². The molecule has 0 fully saturated rings. The van der Waals surface area contributed by atoms with Crippen LogP contribution in [0.5, 0.6) is 0 Å². The Bertz CT molecular complexity index is 489. The van der Waals surface area contributed by atoms with Gasteiger partial charge in [0.2, 0.25) is 0 Å². The van der Waals surface area contributed by atoms with Crippen LogP contribution in [0, 0.1) is 19.3 Å². The second-order valence-electron chi connectivity index (χ2n) is 6.15. The average molecular weight is 264 g/mol. The normalized spacial score (nSPS) is 12.6. The molecule has 0 saturated heterocycles. The van der Waals surface area contributed by atoms with Crippen LogP contribution in [-0.2, 0) is 0 Å². The van der Waals surface area contributed by atoms with Gasteiger partial charge in [-0.2, -0.15) is 0 Å². The molecule has 5 heteroatoms. The first-order chi connectivity index (χ1) is 8.65. The molecule has 0 unspecified atom stereocenters. The van der Waals surface area contributed by atoms with E-state index in [-0.39, 0.29) is 11.3 Å². The largest absolute Gasteiger partial charge is 0.409 e. The van der Waals surface area contributed by atoms with Gasteiger partial charge in [0, 0.05) is 19.3 Å². The van der Waals surface area contributed by atoms with Crippen LogP contribution < -0.4 is 10.6 Å². The zero-order valence-corrected chi connectivity index (χ0v) is 12.7. The molecule has 0 bridgehead atoms. The fourth-order valence-corrected chi connectivity index (χ4v) is 2.27. The van der Waals surface area contributed by atoms with Crippen molar-refractivity contribution in [3.05, 3.63) is 23.0 Å². The van der Waals surface area contributed by atoms with Crippen LogP contribution in [0.3, 0.4) is 0 Å². The first-order valence-electron chi connectivity index (χ1n) is 6.33. The van der Waals surface area contributed by atoms with Crippen LogP contribution >= 0.6 is 0 Å². The van der Waals surface area contributed by atoms with Crippen molar-refractivity contribution in [1.29, 1.82) is 0 Å². The first-order valence-corrected chi connectivity index (χ1v) is 6.33. The van der Waals surface area contributed by atoms with Gasteiger partial charge in [-0.05, 0) is 25.3 Å². The molecule has 0 saturated carbocycles. The molecular weight excluding hydrogens is 240 g/mol. The third-order valence-electron chi connectivity index (χ3n) is 2.79. The Morgan fingerprint density at radius 3 is 2.47 bits per heavy atom. The highest BCUT2D eigenvalue weighted by molar-refractivity contribution is 6.03. The fraction of sp³-hybridized carbons (Fsp3) is 0.571. The smallest absolute Gasteiger partial charge is 0.174 e. The summed E-state index contributed by atoms with van der Waals surface area (Å²) in [6.07, 6.45) is 0. The molecule has 0 aromatic carbocycles. The van der Waals surface area contributed by atoms with Crippen LogP contribution in [0.25, 0.3) is 0 Å². The summed E-state index contributed by atoms with van der Waals surface area (Å²) in [5.74, 6) is 0.0979. The number of oxime groups is 1. The maximum Gasteiger partial charge on any atom is 0.174 e. The molecule has 0 amide bonds. The summed E-state index contributed by atoms with van der Waals surface area (Å²) >= 11 is 0. The molecule has 0 aliphatic carbocycles. The van der Waals surface area contributed by atoms with Crippen molar-refractivity contribution >= 4 is 11.5 Å². The van der Waals surface area contributed by atoms with Gasteiger partial charge < -0.3 is 15.8 Å². The van der Waals surface area contributed by atoms with E-state index in [1.165, 1.54) is 0 Å². The highest BCUT2D eigenvalue weighted by Gasteiger charge is 2.20. The lowest BCUT2D eigenvalue weighted by Crippen LogP contribution is -2.31. The highest BCUT2D eigenvalue weighted by atomic mass is 16.4. The second-order valence-corrected chi connectivity index (χ2v) is 6.15. The molecule has 5 nitrogen and oxygen atoms in total. The monoisotopic (exact) mass is 264 g/mol. The van der Waals surface area contributed by atoms with Crippen LogP contribution in [0.15, 0.2) is 11.2 Å². The minimum atomic E-state index is 0.0979. The van der Waals surface area contributed by atoms with E-state index in [2.05, 4.69) is 35.8 Å². The van der Waals surface area contributed by atoms with E-state index in [1.807, 2.05) is 27.0 Å². The number of rotatable bonds is 3. The number of hydrogen-bond donors (Lipinski definition) is 2. The molecule has 1 aromatic heterocycles. The number of aromatic nitrogens is 1. The Hall–Kier alpha value is -1.78. The SMILES string of the molecule is Cc1cc(N(C)CC(C)(C)C)c(/C(N)=N/O)c(C)n1. The Morgan fingerprint density at radius 1 is 1.42 bits per heavy atom. The summed E-state index contributed by atoms with van der Waals surface area (Å²) in [5.41, 5.74) is 9.26. The Morgan fingerprint density at radius 2 is 2.00 bits per heavy atom. The maximum absolute atomic E-state index is 8.94. The standard InChI is InChI=1S/C14H24N4O/c1-9-7-11(18(6)8-14(3,4)5)12(10(2)16-9)13(15)17-19/h7,19H,8H2,1-6H3,(H2,15,17). The third-order valence-corrected chi connectivity index (χ3v) is 2.79. The molecule has 3 N–H and O–H groups in total. The van der Waals surface area contributed by atoms with E-state index in [1.54, 1.807) is 0 Å². The molecule has 0 spiro atoms. The number of anilines is 1. The van der Waals surface area contributed by atoms with Crippen LogP contribution in [0.2, 0.25) is 0 Å². The van der Waals surface area contributed by atoms with Gasteiger partial charge in [0.15, 0.2) is 5.84 Å². The predicted octanol–water partition coefficient (Wildman–Crippen LogP) is 2.28. The van der Waals surface area contributed by atoms with Gasteiger partial charge in [-0.25, -0.2) is 0 Å². The van der Waals surface area contributed by atoms with Crippen molar-refractivity contribution in [1.82, 2.24) is 4.98 Å². The van der Waals surface area contributed by atoms with E-state index in [0.717, 1.165) is 23.6 Å². The number of aryl methyl sites for hydroxylation is 2. The molecular formula is C14H24N4O. The third kappa shape index (κ3) is 3.84. The predicted molar refractivity (Wildman–Crippen MR) is 78.9 cm³/mol. The van der Waals surface area contributed by atoms with E-state index >= 15 is 0 Å². The van der Waals surface area contributed by atoms with E-state index < -0.39 is 0 Å². The summed E-state index contributed by atoms with van der Waals surface area (Å²) in [5, 5.41) is 12.1. The zero-order chi connectivity index (χ0) is 14.8. The summed E-state index contributed by atoms with van der Waals surface area (Å²) in [6.45, 7) is 11.2. The minimum absolute atomic E-state index is 0.0979. The van der Waals surface area contributed by atoms with Crippen LogP contribution in [-0.4, -0.2) is 29.6 Å². The van der Waals surface area contributed by atoms with Gasteiger partial charge in [-0.3, -0.25) is 4.98 Å². The lowest BCUT2D eigenvalue weighted by molar-refractivity contribution is 0.318. The molecule has 106 valence electrons. The van der Waals surface area contributed by atoms with Crippen molar-refractivity contribution < 1.29 is 5.21 Å². The number of pyridine rings is 1. The highest BCUT2D eigenvalue weighted by Crippen LogP contribution is 2.26. The van der Waals surface area contributed by atoms with Gasteiger partial charge in [0.05, 0.1) is 16.9 Å². The van der Waals surface area contributed by atoms with Crippen molar-refractivity contribution in [3.63, 3.8) is 0 Å². The molecule has 0 atom stereocenters. The Balaban J connectivity index is 3.32. The fourth-order valence-electron chi connectivity index (χ4n) is 2.27. The zero-order valence-electron chi connectivity index (χ0n) is 12.7. The van der Waals surface area contributed by atoms with Crippen LogP contribution in [0.1, 0.15) is 37.7 Å². The van der Waals surface area contributed by atoms with E-state index in [9.17, 15) is 0 Å². The number of nitrogens with two attached hydrogens (primary N) is 1. The molecule has 1 rings (SSSR count). The summed E-state index contributed by atoms with van der Waals surface area (Å²) < 4.78 is 0. The second kappa shape index (κ2) is 5.47. The van der Waals surface area contributed by atoms with Gasteiger partial charge >= 0.3 is 0 Å². The molecule has 0 aliphatic rings. The summed E-state index contributed by atoms with van der Waals surface area (Å²) in [7, 11) is 2.01. The van der Waals surface area contributed by atoms with Gasteiger partial charge in [-0.1, -0.05) is 25.9 Å². The topological polar surface area (TPSA) is 74.7 Å². The van der Waals surface area contributed by atoms with Crippen molar-refractivity contribution in [2.45, 2.75) is 34.6 Å². The summed E-state index contributed by atoms with van der Waals surface area (Å²) in [6, 6.07) is 1.96. The molecule has 0 aliphatic heterocycles. The number of amidine groups is 1. The van der Waals surface area contributed by atoms with E-state index in [0.29, 0.717) is 5.56 Å². The Labute approximate surface area is 115 Å². The number of hydrogen-bond acceptors (Lipinski definition) is 4. The minimum Gasteiger partial charge on any atom is -0.409 e. The quantitative estimate of drug-likeness (QED) is 0.380. The van der Waals surface area contributed by atoms with Gasteiger partial charge in [0.1, 0.15) is 0 Å². The lowest BCUT2D eigenvalue weighted by Gasteiger charge is -2.30. The van der Waals surface area contributed by atoms with Gasteiger partial charge in [-0.15, -0.1) is 0 Å². The van der Waals surface area contributed by atoms with Crippen molar-refractivity contribution in [2.75, 3.05) is 18.5 Å². The van der Waals surface area contributed by atoms with Crippen LogP contribution in [0.4, 0.5) is 5.69 Å². The van der Waals surface area contributed by atoms with Crippen molar-refractivity contribution in [3.8, 4) is 0 Å². The van der Waals surface area contributed by atoms with E-state index in [4.69, 9.17) is 10.9 Å². The molecule has 1 aromatic rings. The molecule has 19 heavy (non-hydrogen) atoms.